The van der Waals surface area contributed by atoms with Gasteiger partial charge in [0, 0.05) is 24.9 Å². The molecule has 4 nitrogen and oxygen atoms in total. The molecule has 0 saturated heterocycles. The topological polar surface area (TPSA) is 65.8 Å². The van der Waals surface area contributed by atoms with E-state index >= 15 is 0 Å². The lowest BCUT2D eigenvalue weighted by Crippen LogP contribution is -2.40. The zero-order valence-corrected chi connectivity index (χ0v) is 10.9. The highest BCUT2D eigenvalue weighted by Crippen LogP contribution is 2.25. The van der Waals surface area contributed by atoms with E-state index in [0.717, 1.165) is 5.69 Å². The van der Waals surface area contributed by atoms with Gasteiger partial charge in [-0.15, -0.1) is 0 Å². The highest BCUT2D eigenvalue weighted by atomic mass is 16.2. The molecule has 1 N–H and O–H groups in total. The number of nitrogens with one attached hydrogen (secondary N) is 1. The van der Waals surface area contributed by atoms with Crippen LogP contribution < -0.4 is 5.32 Å². The summed E-state index contributed by atoms with van der Waals surface area (Å²) < 4.78 is 0. The number of aromatic nitrogens is 1. The molecule has 0 aliphatic heterocycles. The molecule has 0 radical (unpaired) electrons. The summed E-state index contributed by atoms with van der Waals surface area (Å²) in [7, 11) is 0. The highest BCUT2D eigenvalue weighted by molar-refractivity contribution is 5.85. The Hall–Kier alpha value is -1.89. The smallest absolute Gasteiger partial charge is 0.240 e. The first-order valence-electron chi connectivity index (χ1n) is 6.28. The number of carbonyl (C=O) groups is 1. The molecule has 0 saturated carbocycles. The lowest BCUT2D eigenvalue weighted by Gasteiger charge is -2.21. The van der Waals surface area contributed by atoms with E-state index in [1.807, 2.05) is 32.0 Å². The lowest BCUT2D eigenvalue weighted by atomic mass is 9.83. The van der Waals surface area contributed by atoms with Gasteiger partial charge in [0.1, 0.15) is 5.41 Å². The summed E-state index contributed by atoms with van der Waals surface area (Å²) in [5.74, 6) is -0.175. The van der Waals surface area contributed by atoms with E-state index < -0.39 is 5.41 Å². The Morgan fingerprint density at radius 1 is 1.44 bits per heavy atom. The summed E-state index contributed by atoms with van der Waals surface area (Å²) >= 11 is 0. The van der Waals surface area contributed by atoms with Crippen molar-refractivity contribution in [3.63, 3.8) is 0 Å². The van der Waals surface area contributed by atoms with Gasteiger partial charge >= 0.3 is 0 Å². The molecule has 0 aliphatic rings. The molecule has 0 spiro atoms. The van der Waals surface area contributed by atoms with Crippen LogP contribution in [0.1, 0.15) is 32.4 Å². The number of amides is 1. The highest BCUT2D eigenvalue weighted by Gasteiger charge is 2.34. The molecule has 0 aliphatic carbocycles. The third-order valence-electron chi connectivity index (χ3n) is 3.25. The number of hydrogen-bond acceptors (Lipinski definition) is 3. The van der Waals surface area contributed by atoms with Crippen LogP contribution in [0.5, 0.6) is 0 Å². The van der Waals surface area contributed by atoms with Crippen molar-refractivity contribution >= 4 is 5.91 Å². The number of hydrogen-bond donors (Lipinski definition) is 1. The summed E-state index contributed by atoms with van der Waals surface area (Å²) in [4.78, 5) is 16.2. The van der Waals surface area contributed by atoms with Crippen LogP contribution in [0, 0.1) is 16.7 Å². The molecule has 1 amide bonds. The van der Waals surface area contributed by atoms with E-state index in [1.54, 1.807) is 6.20 Å². The minimum absolute atomic E-state index is 0.175. The van der Waals surface area contributed by atoms with Crippen molar-refractivity contribution in [1.82, 2.24) is 10.3 Å². The van der Waals surface area contributed by atoms with Gasteiger partial charge in [0.2, 0.25) is 5.91 Å². The third-order valence-corrected chi connectivity index (χ3v) is 3.25. The minimum atomic E-state index is -0.885. The lowest BCUT2D eigenvalue weighted by molar-refractivity contribution is -0.128. The first-order chi connectivity index (χ1) is 8.68. The molecule has 1 aromatic heterocycles. The van der Waals surface area contributed by atoms with E-state index in [9.17, 15) is 4.79 Å². The quantitative estimate of drug-likeness (QED) is 0.834. The Morgan fingerprint density at radius 2 is 2.17 bits per heavy atom. The van der Waals surface area contributed by atoms with Crippen LogP contribution in [0.25, 0.3) is 0 Å². The molecule has 0 bridgehead atoms. The molecular formula is C14H19N3O. The molecular weight excluding hydrogens is 226 g/mol. The van der Waals surface area contributed by atoms with Crippen LogP contribution in [-0.4, -0.2) is 17.4 Å². The van der Waals surface area contributed by atoms with Crippen LogP contribution in [0.2, 0.25) is 0 Å². The maximum atomic E-state index is 12.0. The monoisotopic (exact) mass is 245 g/mol. The predicted octanol–water partition coefficient (Wildman–Crippen LogP) is 2.07. The number of nitrogens with zero attached hydrogens (tertiary/aromatic N) is 2. The van der Waals surface area contributed by atoms with Crippen LogP contribution in [0.3, 0.4) is 0 Å². The van der Waals surface area contributed by atoms with Gasteiger partial charge in [0.25, 0.3) is 0 Å². The Bertz CT molecular complexity index is 418. The largest absolute Gasteiger partial charge is 0.354 e. The van der Waals surface area contributed by atoms with Crippen molar-refractivity contribution in [3.05, 3.63) is 30.1 Å². The molecule has 96 valence electrons. The fourth-order valence-corrected chi connectivity index (χ4v) is 1.80. The normalized spacial score (nSPS) is 10.7. The minimum Gasteiger partial charge on any atom is -0.354 e. The predicted molar refractivity (Wildman–Crippen MR) is 69.6 cm³/mol. The van der Waals surface area contributed by atoms with Crippen LogP contribution in [0.15, 0.2) is 24.4 Å². The molecule has 1 aromatic rings. The second-order valence-electron chi connectivity index (χ2n) is 4.23. The summed E-state index contributed by atoms with van der Waals surface area (Å²) in [5, 5.41) is 12.0. The Kier molecular flexibility index (Phi) is 5.31. The van der Waals surface area contributed by atoms with Crippen molar-refractivity contribution in [2.45, 2.75) is 33.1 Å². The first-order valence-corrected chi connectivity index (χ1v) is 6.28. The van der Waals surface area contributed by atoms with Crippen molar-refractivity contribution in [1.29, 1.82) is 5.26 Å². The van der Waals surface area contributed by atoms with Crippen LogP contribution >= 0.6 is 0 Å². The maximum Gasteiger partial charge on any atom is 0.240 e. The second-order valence-corrected chi connectivity index (χ2v) is 4.23. The average molecular weight is 245 g/mol. The van der Waals surface area contributed by atoms with Gasteiger partial charge in [-0.2, -0.15) is 5.26 Å². The zero-order valence-electron chi connectivity index (χ0n) is 10.9. The van der Waals surface area contributed by atoms with Crippen molar-refractivity contribution < 1.29 is 4.79 Å². The molecule has 1 rings (SSSR count). The van der Waals surface area contributed by atoms with Crippen molar-refractivity contribution in [3.8, 4) is 6.07 Å². The van der Waals surface area contributed by atoms with E-state index in [-0.39, 0.29) is 5.91 Å². The number of nitriles is 1. The summed E-state index contributed by atoms with van der Waals surface area (Å²) in [6, 6.07) is 7.83. The number of rotatable bonds is 6. The number of carbonyl (C=O) groups excluding carboxylic acids is 1. The Morgan fingerprint density at radius 3 is 2.67 bits per heavy atom. The van der Waals surface area contributed by atoms with E-state index in [4.69, 9.17) is 5.26 Å². The summed E-state index contributed by atoms with van der Waals surface area (Å²) in [5.41, 5.74) is 0.0535. The van der Waals surface area contributed by atoms with Gasteiger partial charge in [0.15, 0.2) is 0 Å². The fraction of sp³-hybridized carbons (Fsp3) is 0.500. The molecule has 0 unspecified atom stereocenters. The van der Waals surface area contributed by atoms with Gasteiger partial charge in [-0.05, 0) is 25.0 Å². The molecule has 0 atom stereocenters. The second kappa shape index (κ2) is 6.75. The molecule has 1 heterocycles. The summed E-state index contributed by atoms with van der Waals surface area (Å²) in [6.07, 6.45) is 3.49. The van der Waals surface area contributed by atoms with Gasteiger partial charge < -0.3 is 5.32 Å². The van der Waals surface area contributed by atoms with E-state index in [0.29, 0.717) is 25.8 Å². The SMILES string of the molecule is CCC(C#N)(CC)C(=O)NCCc1ccccn1. The number of pyridine rings is 1. The fourth-order valence-electron chi connectivity index (χ4n) is 1.80. The molecule has 0 aromatic carbocycles. The van der Waals surface area contributed by atoms with Crippen LogP contribution in [0.4, 0.5) is 0 Å². The standard InChI is InChI=1S/C14H19N3O/c1-3-14(4-2,11-15)13(18)17-10-8-12-7-5-6-9-16-12/h5-7,9H,3-4,8,10H2,1-2H3,(H,17,18). The van der Waals surface area contributed by atoms with Crippen LogP contribution in [-0.2, 0) is 11.2 Å². The van der Waals surface area contributed by atoms with Crippen molar-refractivity contribution in [2.24, 2.45) is 5.41 Å². The van der Waals surface area contributed by atoms with Gasteiger partial charge in [-0.3, -0.25) is 9.78 Å². The third kappa shape index (κ3) is 3.30. The zero-order chi connectivity index (χ0) is 13.4. The Balaban J connectivity index is 2.49. The maximum absolute atomic E-state index is 12.0. The summed E-state index contributed by atoms with van der Waals surface area (Å²) in [6.45, 7) is 4.25. The van der Waals surface area contributed by atoms with Gasteiger partial charge in [0.05, 0.1) is 6.07 Å². The molecule has 4 heteroatoms. The Labute approximate surface area is 108 Å². The van der Waals surface area contributed by atoms with Crippen molar-refractivity contribution in [2.75, 3.05) is 6.54 Å². The van der Waals surface area contributed by atoms with Gasteiger partial charge in [-0.1, -0.05) is 19.9 Å². The molecule has 0 fully saturated rings. The first kappa shape index (κ1) is 14.2. The van der Waals surface area contributed by atoms with E-state index in [1.165, 1.54) is 0 Å². The average Bonchev–Trinajstić information content (AvgIpc) is 2.42. The van der Waals surface area contributed by atoms with E-state index in [2.05, 4.69) is 16.4 Å². The van der Waals surface area contributed by atoms with Gasteiger partial charge in [-0.25, -0.2) is 0 Å². The molecule has 18 heavy (non-hydrogen) atoms.